The number of nitrogens with zero attached hydrogens (tertiary/aromatic N) is 3. The van der Waals surface area contributed by atoms with Crippen molar-refractivity contribution >= 4 is 11.8 Å². The Labute approximate surface area is 97.0 Å². The highest BCUT2D eigenvalue weighted by atomic mass is 16.5. The number of rotatable bonds is 1. The van der Waals surface area contributed by atoms with Crippen LogP contribution in [0.5, 0.6) is 0 Å². The zero-order chi connectivity index (χ0) is 12.6. The fourth-order valence-corrected chi connectivity index (χ4v) is 1.79. The van der Waals surface area contributed by atoms with Crippen LogP contribution < -0.4 is 16.1 Å². The summed E-state index contributed by atoms with van der Waals surface area (Å²) >= 11 is 0. The Hall–Kier alpha value is -1.80. The first-order valence-electron chi connectivity index (χ1n) is 5.23. The van der Waals surface area contributed by atoms with Crippen molar-refractivity contribution in [2.45, 2.75) is 18.6 Å². The normalized spacial score (nSPS) is 24.9. The molecule has 0 saturated carbocycles. The van der Waals surface area contributed by atoms with Gasteiger partial charge in [-0.15, -0.1) is 4.73 Å². The van der Waals surface area contributed by atoms with E-state index in [9.17, 15) is 15.4 Å². The predicted molar refractivity (Wildman–Crippen MR) is 58.5 cm³/mol. The van der Waals surface area contributed by atoms with E-state index in [-0.39, 0.29) is 18.0 Å². The van der Waals surface area contributed by atoms with Gasteiger partial charge in [-0.1, -0.05) is 0 Å². The maximum absolute atomic E-state index is 9.55. The van der Waals surface area contributed by atoms with E-state index >= 15 is 0 Å². The molecule has 1 aliphatic heterocycles. The minimum absolute atomic E-state index is 0.187. The van der Waals surface area contributed by atoms with Crippen molar-refractivity contribution in [3.63, 3.8) is 0 Å². The molecule has 0 unspecified atom stereocenters. The van der Waals surface area contributed by atoms with Gasteiger partial charge in [-0.2, -0.15) is 4.98 Å². The van der Waals surface area contributed by atoms with Crippen molar-refractivity contribution in [3.05, 3.63) is 11.6 Å². The highest BCUT2D eigenvalue weighted by Gasteiger charge is 2.26. The van der Waals surface area contributed by atoms with Crippen LogP contribution in [0, 0.1) is 5.41 Å². The highest BCUT2D eigenvalue weighted by Crippen LogP contribution is 2.17. The van der Waals surface area contributed by atoms with E-state index in [4.69, 9.17) is 11.1 Å². The van der Waals surface area contributed by atoms with Crippen molar-refractivity contribution in [1.29, 1.82) is 5.41 Å². The summed E-state index contributed by atoms with van der Waals surface area (Å²) in [5, 5.41) is 35.7. The van der Waals surface area contributed by atoms with Crippen LogP contribution in [0.1, 0.15) is 6.42 Å². The molecule has 1 aromatic heterocycles. The molecule has 0 amide bonds. The molecule has 2 rings (SSSR count). The molecule has 0 radical (unpaired) electrons. The molecule has 0 spiro atoms. The summed E-state index contributed by atoms with van der Waals surface area (Å²) in [5.41, 5.74) is 5.25. The molecular formula is C9H15N5O3. The molecule has 0 aliphatic carbocycles. The summed E-state index contributed by atoms with van der Waals surface area (Å²) in [7, 11) is 0. The van der Waals surface area contributed by atoms with Gasteiger partial charge in [0.05, 0.1) is 12.2 Å². The van der Waals surface area contributed by atoms with Crippen LogP contribution in [0.4, 0.5) is 11.8 Å². The number of nitrogens with two attached hydrogens (primary N) is 1. The van der Waals surface area contributed by atoms with Crippen LogP contribution in [0.2, 0.25) is 0 Å². The minimum Gasteiger partial charge on any atom is -0.423 e. The van der Waals surface area contributed by atoms with Gasteiger partial charge in [0.1, 0.15) is 5.82 Å². The van der Waals surface area contributed by atoms with E-state index in [1.165, 1.54) is 6.07 Å². The van der Waals surface area contributed by atoms with Crippen LogP contribution in [0.15, 0.2) is 6.07 Å². The third-order valence-electron chi connectivity index (χ3n) is 2.81. The maximum Gasteiger partial charge on any atom is 0.238 e. The van der Waals surface area contributed by atoms with Gasteiger partial charge in [0, 0.05) is 19.2 Å². The average molecular weight is 241 g/mol. The van der Waals surface area contributed by atoms with E-state index < -0.39 is 12.2 Å². The Kier molecular flexibility index (Phi) is 2.90. The Morgan fingerprint density at radius 2 is 2.12 bits per heavy atom. The number of hydrogen-bond acceptors (Lipinski definition) is 7. The standard InChI is InChI=1S/C9H15N5O3/c10-7-3-8(12-9(11)14(7)17)13-2-1-5(15)6(16)4-13/h3,5-6,10,15-17H,1-2,4H2,(H2,11,12)/t5-,6+/m0/s1. The van der Waals surface area contributed by atoms with Crippen molar-refractivity contribution in [2.24, 2.45) is 0 Å². The molecule has 1 aromatic rings. The van der Waals surface area contributed by atoms with Gasteiger partial charge < -0.3 is 26.1 Å². The summed E-state index contributed by atoms with van der Waals surface area (Å²) < 4.78 is 0.471. The van der Waals surface area contributed by atoms with Crippen LogP contribution in [0.3, 0.4) is 0 Å². The largest absolute Gasteiger partial charge is 0.423 e. The van der Waals surface area contributed by atoms with Gasteiger partial charge in [0.15, 0.2) is 5.49 Å². The van der Waals surface area contributed by atoms with Crippen molar-refractivity contribution < 1.29 is 15.4 Å². The number of aliphatic hydroxyl groups excluding tert-OH is 2. The second kappa shape index (κ2) is 4.22. The molecule has 8 nitrogen and oxygen atoms in total. The maximum atomic E-state index is 9.55. The summed E-state index contributed by atoms with van der Waals surface area (Å²) in [6, 6.07) is 1.35. The number of nitrogen functional groups attached to an aromatic ring is 1. The molecule has 1 saturated heterocycles. The molecule has 1 fully saturated rings. The lowest BCUT2D eigenvalue weighted by molar-refractivity contribution is 0.00782. The first-order valence-corrected chi connectivity index (χ1v) is 5.23. The van der Waals surface area contributed by atoms with Gasteiger partial charge in [-0.25, -0.2) is 0 Å². The highest BCUT2D eigenvalue weighted by molar-refractivity contribution is 5.41. The molecule has 94 valence electrons. The summed E-state index contributed by atoms with van der Waals surface area (Å²) in [5.74, 6) is 0.219. The average Bonchev–Trinajstić information content (AvgIpc) is 2.29. The molecule has 0 aromatic carbocycles. The van der Waals surface area contributed by atoms with Crippen molar-refractivity contribution in [3.8, 4) is 0 Å². The number of nitrogens with one attached hydrogen (secondary N) is 1. The predicted octanol–water partition coefficient (Wildman–Crippen LogP) is -1.89. The Balaban J connectivity index is 2.26. The monoisotopic (exact) mass is 241 g/mol. The lowest BCUT2D eigenvalue weighted by Crippen LogP contribution is -2.47. The van der Waals surface area contributed by atoms with Gasteiger partial charge in [-0.3, -0.25) is 5.41 Å². The smallest absolute Gasteiger partial charge is 0.238 e. The van der Waals surface area contributed by atoms with Crippen LogP contribution in [-0.4, -0.2) is 50.4 Å². The molecular weight excluding hydrogens is 226 g/mol. The van der Waals surface area contributed by atoms with E-state index in [0.717, 1.165) is 0 Å². The molecule has 2 heterocycles. The number of aliphatic hydroxyl groups is 2. The number of anilines is 2. The fraction of sp³-hybridized carbons (Fsp3) is 0.556. The molecule has 6 N–H and O–H groups in total. The third-order valence-corrected chi connectivity index (χ3v) is 2.81. The molecule has 17 heavy (non-hydrogen) atoms. The Morgan fingerprint density at radius 1 is 1.41 bits per heavy atom. The minimum atomic E-state index is -0.845. The SMILES string of the molecule is N=c1cc(N2CC[C@H](O)[C@H](O)C2)nc(N)n1O. The zero-order valence-electron chi connectivity index (χ0n) is 9.11. The molecule has 2 atom stereocenters. The summed E-state index contributed by atoms with van der Waals surface area (Å²) in [6.07, 6.45) is -1.16. The number of hydrogen-bond donors (Lipinski definition) is 5. The first kappa shape index (κ1) is 11.7. The second-order valence-electron chi connectivity index (χ2n) is 4.04. The van der Waals surface area contributed by atoms with Gasteiger partial charge >= 0.3 is 0 Å². The van der Waals surface area contributed by atoms with Gasteiger partial charge in [-0.05, 0) is 6.42 Å². The van der Waals surface area contributed by atoms with E-state index in [1.807, 2.05) is 0 Å². The summed E-state index contributed by atoms with van der Waals surface area (Å²) in [6.45, 7) is 0.738. The van der Waals surface area contributed by atoms with E-state index in [0.29, 0.717) is 23.5 Å². The second-order valence-corrected chi connectivity index (χ2v) is 4.04. The first-order chi connectivity index (χ1) is 7.99. The Morgan fingerprint density at radius 3 is 2.71 bits per heavy atom. The fourth-order valence-electron chi connectivity index (χ4n) is 1.79. The molecule has 8 heteroatoms. The lowest BCUT2D eigenvalue weighted by atomic mass is 10.1. The molecule has 0 bridgehead atoms. The zero-order valence-corrected chi connectivity index (χ0v) is 9.11. The van der Waals surface area contributed by atoms with Crippen molar-refractivity contribution in [1.82, 2.24) is 9.71 Å². The topological polar surface area (TPSA) is 132 Å². The number of piperidine rings is 1. The summed E-state index contributed by atoms with van der Waals surface area (Å²) in [4.78, 5) is 5.63. The number of β-amino-alcohol motifs (C(OH)–C–C–N with tert-alkyl or cyclic N) is 1. The molecule has 1 aliphatic rings. The third kappa shape index (κ3) is 2.17. The van der Waals surface area contributed by atoms with Crippen LogP contribution in [0.25, 0.3) is 0 Å². The van der Waals surface area contributed by atoms with Crippen LogP contribution in [-0.2, 0) is 0 Å². The number of aromatic nitrogens is 2. The van der Waals surface area contributed by atoms with Gasteiger partial charge in [0.25, 0.3) is 0 Å². The Bertz CT molecular complexity index is 474. The van der Waals surface area contributed by atoms with E-state index in [1.54, 1.807) is 4.90 Å². The van der Waals surface area contributed by atoms with Crippen LogP contribution >= 0.6 is 0 Å². The van der Waals surface area contributed by atoms with Crippen molar-refractivity contribution in [2.75, 3.05) is 23.7 Å². The van der Waals surface area contributed by atoms with Gasteiger partial charge in [0.2, 0.25) is 5.95 Å². The quantitative estimate of drug-likeness (QED) is 0.365. The lowest BCUT2D eigenvalue weighted by Gasteiger charge is -2.34. The van der Waals surface area contributed by atoms with E-state index in [2.05, 4.69) is 4.98 Å².